The monoisotopic (exact) mass is 462 g/mol. The van der Waals surface area contributed by atoms with Crippen LogP contribution in [-0.2, 0) is 27.3 Å². The van der Waals surface area contributed by atoms with Gasteiger partial charge in [0.05, 0.1) is 0 Å². The zero-order chi connectivity index (χ0) is 21.2. The van der Waals surface area contributed by atoms with Gasteiger partial charge in [-0.1, -0.05) is 0 Å². The van der Waals surface area contributed by atoms with E-state index < -0.39 is 78.5 Å². The Kier molecular flexibility index (Phi) is 8.74. The van der Waals surface area contributed by atoms with Crippen molar-refractivity contribution in [2.75, 3.05) is 19.0 Å². The van der Waals surface area contributed by atoms with Crippen LogP contribution >= 0.6 is 22.8 Å². The summed E-state index contributed by atoms with van der Waals surface area (Å²) in [5.74, 6) is 0. The smallest absolute Gasteiger partial charge is 0.353 e. The molecule has 0 radical (unpaired) electrons. The predicted octanol–water partition coefficient (Wildman–Crippen LogP) is -3.36. The topological polar surface area (TPSA) is 261 Å². The Hall–Kier alpha value is 0.210. The SMILES string of the molecule is O=P(O)(CO)O[C@@H]1[C@@H](OP(=O)(O)CO)[C@H](O)[C@@H](O)[C@H](O)[C@@H]1OP(=O)(O)CO. The zero-order valence-electron chi connectivity index (χ0n) is 13.4. The summed E-state index contributed by atoms with van der Waals surface area (Å²) in [6, 6.07) is 0. The molecule has 0 bridgehead atoms. The van der Waals surface area contributed by atoms with E-state index in [1.807, 2.05) is 0 Å². The summed E-state index contributed by atoms with van der Waals surface area (Å²) in [5, 5.41) is 56.3. The molecule has 15 nitrogen and oxygen atoms in total. The second kappa shape index (κ2) is 9.35. The summed E-state index contributed by atoms with van der Waals surface area (Å²) in [5.41, 5.74) is 0. The summed E-state index contributed by atoms with van der Waals surface area (Å²) in [6.07, 6.45) is -18.0. The maximum atomic E-state index is 11.7. The Morgan fingerprint density at radius 2 is 0.815 bits per heavy atom. The highest BCUT2D eigenvalue weighted by atomic mass is 31.2. The van der Waals surface area contributed by atoms with Crippen LogP contribution in [0.5, 0.6) is 0 Å². The van der Waals surface area contributed by atoms with Gasteiger partial charge in [-0.3, -0.25) is 27.3 Å². The molecule has 9 N–H and O–H groups in total. The number of aliphatic hydroxyl groups excluding tert-OH is 6. The average Bonchev–Trinajstić information content (AvgIpc) is 2.60. The summed E-state index contributed by atoms with van der Waals surface area (Å²) >= 11 is 0. The third-order valence-electron chi connectivity index (χ3n) is 3.42. The molecule has 9 atom stereocenters. The van der Waals surface area contributed by atoms with Gasteiger partial charge in [-0.05, 0) is 0 Å². The van der Waals surface area contributed by atoms with Gasteiger partial charge >= 0.3 is 22.8 Å². The van der Waals surface area contributed by atoms with Gasteiger partial charge < -0.3 is 45.3 Å². The number of aliphatic hydroxyl groups is 6. The van der Waals surface area contributed by atoms with Crippen LogP contribution in [0.15, 0.2) is 0 Å². The summed E-state index contributed by atoms with van der Waals surface area (Å²) in [4.78, 5) is 28.2. The highest BCUT2D eigenvalue weighted by Gasteiger charge is 2.56. The minimum Gasteiger partial charge on any atom is -0.387 e. The van der Waals surface area contributed by atoms with Crippen molar-refractivity contribution in [3.63, 3.8) is 0 Å². The second-order valence-electron chi connectivity index (χ2n) is 5.52. The van der Waals surface area contributed by atoms with Gasteiger partial charge in [-0.25, -0.2) is 0 Å². The minimum absolute atomic E-state index is 1.49. The lowest BCUT2D eigenvalue weighted by atomic mass is 9.85. The number of hydrogen-bond donors (Lipinski definition) is 9. The van der Waals surface area contributed by atoms with Gasteiger partial charge in [0.2, 0.25) is 0 Å². The molecular formula is C9H21O15P3. The Labute approximate surface area is 152 Å². The Morgan fingerprint density at radius 3 is 1.07 bits per heavy atom. The molecule has 162 valence electrons. The summed E-state index contributed by atoms with van der Waals surface area (Å²) in [6.45, 7) is 0. The lowest BCUT2D eigenvalue weighted by molar-refractivity contribution is -0.208. The second-order valence-corrected chi connectivity index (χ2v) is 10.8. The van der Waals surface area contributed by atoms with Crippen molar-refractivity contribution in [2.24, 2.45) is 0 Å². The van der Waals surface area contributed by atoms with Gasteiger partial charge in [0.25, 0.3) is 0 Å². The lowest BCUT2D eigenvalue weighted by Crippen LogP contribution is -2.65. The fraction of sp³-hybridized carbons (Fsp3) is 1.00. The molecule has 1 aliphatic rings. The number of rotatable bonds is 9. The van der Waals surface area contributed by atoms with Gasteiger partial charge in [0.1, 0.15) is 55.7 Å². The molecule has 0 heterocycles. The standard InChI is InChI=1S/C9H21O15P3/c10-1-25(16,17)22-7-5(14)4(13)6(15)8(23-26(18,19)2-11)9(7)24-27(20,21)3-12/h4-15H,1-3H2,(H,16,17)(H,18,19)(H,20,21)/t4-,5-,6+,7-,8-,9-/m0/s1. The molecule has 0 aliphatic heterocycles. The average molecular weight is 462 g/mol. The van der Waals surface area contributed by atoms with Crippen molar-refractivity contribution in [1.29, 1.82) is 0 Å². The maximum Gasteiger partial charge on any atom is 0.353 e. The van der Waals surface area contributed by atoms with Crippen LogP contribution in [0.2, 0.25) is 0 Å². The molecule has 27 heavy (non-hydrogen) atoms. The summed E-state index contributed by atoms with van der Waals surface area (Å²) in [7, 11) is -14.7. The molecule has 18 heteroatoms. The zero-order valence-corrected chi connectivity index (χ0v) is 16.1. The molecule has 3 unspecified atom stereocenters. The largest absolute Gasteiger partial charge is 0.387 e. The van der Waals surface area contributed by atoms with E-state index in [0.29, 0.717) is 0 Å². The van der Waals surface area contributed by atoms with E-state index in [4.69, 9.17) is 15.3 Å². The Bertz CT molecular complexity index is 600. The van der Waals surface area contributed by atoms with Gasteiger partial charge in [-0.15, -0.1) is 0 Å². The van der Waals surface area contributed by atoms with Crippen molar-refractivity contribution in [1.82, 2.24) is 0 Å². The van der Waals surface area contributed by atoms with Crippen LogP contribution in [0.1, 0.15) is 0 Å². The van der Waals surface area contributed by atoms with Gasteiger partial charge in [0, 0.05) is 0 Å². The van der Waals surface area contributed by atoms with Gasteiger partial charge in [-0.2, -0.15) is 0 Å². The molecule has 0 aromatic heterocycles. The van der Waals surface area contributed by atoms with Crippen LogP contribution < -0.4 is 0 Å². The molecule has 1 aliphatic carbocycles. The first kappa shape index (κ1) is 25.2. The molecule has 0 aromatic rings. The van der Waals surface area contributed by atoms with Crippen LogP contribution in [0.4, 0.5) is 0 Å². The van der Waals surface area contributed by atoms with Crippen molar-refractivity contribution in [3.05, 3.63) is 0 Å². The molecule has 1 fully saturated rings. The molecule has 0 spiro atoms. The molecule has 1 rings (SSSR count). The highest BCUT2D eigenvalue weighted by Crippen LogP contribution is 2.52. The quantitative estimate of drug-likeness (QED) is 0.152. The Balaban J connectivity index is 3.39. The molecule has 0 saturated heterocycles. The molecule has 0 amide bonds. The van der Waals surface area contributed by atoms with Crippen molar-refractivity contribution in [2.45, 2.75) is 36.6 Å². The van der Waals surface area contributed by atoms with E-state index in [-0.39, 0.29) is 0 Å². The van der Waals surface area contributed by atoms with Crippen molar-refractivity contribution >= 4 is 22.8 Å². The van der Waals surface area contributed by atoms with E-state index >= 15 is 0 Å². The molecular weight excluding hydrogens is 441 g/mol. The molecule has 1 saturated carbocycles. The fourth-order valence-corrected chi connectivity index (χ4v) is 4.27. The van der Waals surface area contributed by atoms with Gasteiger partial charge in [0.15, 0.2) is 0 Å². The van der Waals surface area contributed by atoms with Crippen LogP contribution in [-0.4, -0.2) is 101 Å². The van der Waals surface area contributed by atoms with Crippen molar-refractivity contribution < 1.29 is 72.6 Å². The van der Waals surface area contributed by atoms with Crippen molar-refractivity contribution in [3.8, 4) is 0 Å². The van der Waals surface area contributed by atoms with Crippen LogP contribution in [0, 0.1) is 0 Å². The lowest BCUT2D eigenvalue weighted by Gasteiger charge is -2.45. The first-order valence-corrected chi connectivity index (χ1v) is 12.4. The first-order chi connectivity index (χ1) is 12.2. The number of hydrogen-bond acceptors (Lipinski definition) is 12. The molecule has 0 aromatic carbocycles. The van der Waals surface area contributed by atoms with Crippen LogP contribution in [0.25, 0.3) is 0 Å². The van der Waals surface area contributed by atoms with E-state index in [1.54, 1.807) is 0 Å². The third kappa shape index (κ3) is 6.61. The predicted molar refractivity (Wildman–Crippen MR) is 83.4 cm³/mol. The van der Waals surface area contributed by atoms with E-state index in [0.717, 1.165) is 0 Å². The minimum atomic E-state index is -4.91. The maximum absolute atomic E-state index is 11.7. The third-order valence-corrected chi connectivity index (χ3v) is 6.21. The first-order valence-electron chi connectivity index (χ1n) is 7.07. The van der Waals surface area contributed by atoms with E-state index in [1.165, 1.54) is 0 Å². The Morgan fingerprint density at radius 1 is 0.556 bits per heavy atom. The summed E-state index contributed by atoms with van der Waals surface area (Å²) < 4.78 is 48.6. The van der Waals surface area contributed by atoms with Crippen LogP contribution in [0.3, 0.4) is 0 Å². The van der Waals surface area contributed by atoms with E-state index in [2.05, 4.69) is 13.6 Å². The highest BCUT2D eigenvalue weighted by molar-refractivity contribution is 7.53. The van der Waals surface area contributed by atoms with E-state index in [9.17, 15) is 43.7 Å². The fourth-order valence-electron chi connectivity index (χ4n) is 2.20. The normalized spacial score (nSPS) is 38.6.